The first kappa shape index (κ1) is 19.2. The Hall–Kier alpha value is -2.56. The molecular formula is C22H26FNO3. The molecule has 2 aromatic carbocycles. The Labute approximate surface area is 159 Å². The van der Waals surface area contributed by atoms with E-state index in [1.165, 1.54) is 24.3 Å². The first-order chi connectivity index (χ1) is 13.0. The number of halogens is 1. The summed E-state index contributed by atoms with van der Waals surface area (Å²) >= 11 is 0. The highest BCUT2D eigenvalue weighted by Gasteiger charge is 2.39. The van der Waals surface area contributed by atoms with Crippen LogP contribution in [0.4, 0.5) is 4.39 Å². The Kier molecular flexibility index (Phi) is 5.68. The number of hydrogen-bond acceptors (Lipinski definition) is 3. The molecule has 0 aromatic heterocycles. The summed E-state index contributed by atoms with van der Waals surface area (Å²) in [5, 5.41) is 3.11. The van der Waals surface area contributed by atoms with Crippen molar-refractivity contribution < 1.29 is 18.7 Å². The van der Waals surface area contributed by atoms with E-state index in [-0.39, 0.29) is 23.4 Å². The van der Waals surface area contributed by atoms with Crippen LogP contribution in [0, 0.1) is 5.82 Å². The van der Waals surface area contributed by atoms with Gasteiger partial charge in [-0.15, -0.1) is 0 Å². The number of benzene rings is 2. The standard InChI is InChI=1S/C22H26FNO3/c1-4-22(5-2)14-19(18-8-6-7-9-20(18)27-22)24-21(25)15(3)26-17-12-10-16(23)11-13-17/h6-13,15,19H,4-5,14H2,1-3H3,(H,24,25)/t15-,19+/m1/s1. The monoisotopic (exact) mass is 371 g/mol. The Morgan fingerprint density at radius 1 is 1.22 bits per heavy atom. The molecule has 1 aliphatic rings. The predicted molar refractivity (Wildman–Crippen MR) is 102 cm³/mol. The lowest BCUT2D eigenvalue weighted by atomic mass is 9.83. The summed E-state index contributed by atoms with van der Waals surface area (Å²) in [7, 11) is 0. The Bertz CT molecular complexity index is 786. The van der Waals surface area contributed by atoms with Gasteiger partial charge in [0.05, 0.1) is 6.04 Å². The third kappa shape index (κ3) is 4.24. The zero-order valence-corrected chi connectivity index (χ0v) is 16.0. The van der Waals surface area contributed by atoms with Gasteiger partial charge in [-0.3, -0.25) is 4.79 Å². The number of para-hydroxylation sites is 1. The molecular weight excluding hydrogens is 345 g/mol. The maximum Gasteiger partial charge on any atom is 0.261 e. The lowest BCUT2D eigenvalue weighted by Crippen LogP contribution is -2.46. The Morgan fingerprint density at radius 3 is 2.56 bits per heavy atom. The van der Waals surface area contributed by atoms with Gasteiger partial charge in [0.25, 0.3) is 5.91 Å². The molecule has 0 fully saturated rings. The van der Waals surface area contributed by atoms with Gasteiger partial charge in [0, 0.05) is 12.0 Å². The molecule has 0 bridgehead atoms. The van der Waals surface area contributed by atoms with E-state index in [9.17, 15) is 9.18 Å². The molecule has 1 N–H and O–H groups in total. The summed E-state index contributed by atoms with van der Waals surface area (Å²) in [6.07, 6.45) is 1.76. The van der Waals surface area contributed by atoms with Crippen molar-refractivity contribution in [2.45, 2.75) is 57.8 Å². The van der Waals surface area contributed by atoms with Gasteiger partial charge in [-0.05, 0) is 50.1 Å². The molecule has 0 aliphatic carbocycles. The van der Waals surface area contributed by atoms with E-state index in [0.29, 0.717) is 12.2 Å². The Balaban J connectivity index is 1.74. The van der Waals surface area contributed by atoms with Crippen LogP contribution in [0.25, 0.3) is 0 Å². The number of fused-ring (bicyclic) bond motifs is 1. The summed E-state index contributed by atoms with van der Waals surface area (Å²) < 4.78 is 25.0. The molecule has 0 radical (unpaired) electrons. The van der Waals surface area contributed by atoms with Crippen molar-refractivity contribution in [2.24, 2.45) is 0 Å². The minimum Gasteiger partial charge on any atom is -0.487 e. The lowest BCUT2D eigenvalue weighted by molar-refractivity contribution is -0.128. The molecule has 144 valence electrons. The molecule has 1 amide bonds. The van der Waals surface area contributed by atoms with E-state index >= 15 is 0 Å². The number of carbonyl (C=O) groups excluding carboxylic acids is 1. The second-order valence-corrected chi connectivity index (χ2v) is 7.01. The number of ether oxygens (including phenoxy) is 2. The zero-order chi connectivity index (χ0) is 19.4. The fourth-order valence-electron chi connectivity index (χ4n) is 3.49. The molecule has 0 saturated heterocycles. The van der Waals surface area contributed by atoms with Gasteiger partial charge in [0.1, 0.15) is 22.9 Å². The molecule has 0 spiro atoms. The lowest BCUT2D eigenvalue weighted by Gasteiger charge is -2.41. The molecule has 2 aromatic rings. The van der Waals surface area contributed by atoms with E-state index in [0.717, 1.165) is 24.2 Å². The summed E-state index contributed by atoms with van der Waals surface area (Å²) in [6, 6.07) is 13.3. The number of rotatable bonds is 6. The highest BCUT2D eigenvalue weighted by Crippen LogP contribution is 2.42. The van der Waals surface area contributed by atoms with Crippen LogP contribution in [0.5, 0.6) is 11.5 Å². The van der Waals surface area contributed by atoms with Crippen LogP contribution < -0.4 is 14.8 Å². The largest absolute Gasteiger partial charge is 0.487 e. The molecule has 1 aliphatic heterocycles. The van der Waals surface area contributed by atoms with Crippen LogP contribution in [0.3, 0.4) is 0 Å². The maximum atomic E-state index is 13.0. The summed E-state index contributed by atoms with van der Waals surface area (Å²) in [5.41, 5.74) is 0.699. The van der Waals surface area contributed by atoms with Crippen LogP contribution >= 0.6 is 0 Å². The minimum absolute atomic E-state index is 0.137. The third-order valence-corrected chi connectivity index (χ3v) is 5.30. The zero-order valence-electron chi connectivity index (χ0n) is 16.0. The average molecular weight is 371 g/mol. The highest BCUT2D eigenvalue weighted by atomic mass is 19.1. The predicted octanol–water partition coefficient (Wildman–Crippen LogP) is 4.79. The normalized spacial score (nSPS) is 18.7. The number of carbonyl (C=O) groups is 1. The molecule has 2 atom stereocenters. The average Bonchev–Trinajstić information content (AvgIpc) is 2.69. The van der Waals surface area contributed by atoms with E-state index < -0.39 is 6.10 Å². The smallest absolute Gasteiger partial charge is 0.261 e. The topological polar surface area (TPSA) is 47.6 Å². The van der Waals surface area contributed by atoms with Gasteiger partial charge in [-0.1, -0.05) is 32.0 Å². The van der Waals surface area contributed by atoms with Crippen molar-refractivity contribution in [1.29, 1.82) is 0 Å². The first-order valence-corrected chi connectivity index (χ1v) is 9.47. The molecule has 0 saturated carbocycles. The fraction of sp³-hybridized carbons (Fsp3) is 0.409. The van der Waals surface area contributed by atoms with Crippen molar-refractivity contribution in [3.63, 3.8) is 0 Å². The van der Waals surface area contributed by atoms with Gasteiger partial charge < -0.3 is 14.8 Å². The second-order valence-electron chi connectivity index (χ2n) is 7.01. The van der Waals surface area contributed by atoms with Gasteiger partial charge >= 0.3 is 0 Å². The fourth-order valence-corrected chi connectivity index (χ4v) is 3.49. The van der Waals surface area contributed by atoms with Crippen LogP contribution in [0.15, 0.2) is 48.5 Å². The van der Waals surface area contributed by atoms with E-state index in [4.69, 9.17) is 9.47 Å². The van der Waals surface area contributed by atoms with E-state index in [1.807, 2.05) is 24.3 Å². The van der Waals surface area contributed by atoms with Gasteiger partial charge in [0.15, 0.2) is 6.10 Å². The first-order valence-electron chi connectivity index (χ1n) is 9.47. The van der Waals surface area contributed by atoms with E-state index in [1.54, 1.807) is 6.92 Å². The van der Waals surface area contributed by atoms with Crippen LogP contribution in [0.2, 0.25) is 0 Å². The SMILES string of the molecule is CCC1(CC)C[C@H](NC(=O)[C@@H](C)Oc2ccc(F)cc2)c2ccccc2O1. The summed E-state index contributed by atoms with van der Waals surface area (Å²) in [6.45, 7) is 5.91. The quantitative estimate of drug-likeness (QED) is 0.794. The summed E-state index contributed by atoms with van der Waals surface area (Å²) in [5.74, 6) is 0.739. The van der Waals surface area contributed by atoms with Crippen LogP contribution in [0.1, 0.15) is 51.6 Å². The van der Waals surface area contributed by atoms with Crippen molar-refractivity contribution in [1.82, 2.24) is 5.32 Å². The van der Waals surface area contributed by atoms with E-state index in [2.05, 4.69) is 19.2 Å². The number of nitrogens with one attached hydrogen (secondary N) is 1. The van der Waals surface area contributed by atoms with Gasteiger partial charge in [-0.2, -0.15) is 0 Å². The highest BCUT2D eigenvalue weighted by molar-refractivity contribution is 5.81. The van der Waals surface area contributed by atoms with Gasteiger partial charge in [0.2, 0.25) is 0 Å². The van der Waals surface area contributed by atoms with Crippen molar-refractivity contribution in [3.8, 4) is 11.5 Å². The van der Waals surface area contributed by atoms with Crippen molar-refractivity contribution >= 4 is 5.91 Å². The molecule has 3 rings (SSSR count). The van der Waals surface area contributed by atoms with Crippen LogP contribution in [-0.4, -0.2) is 17.6 Å². The molecule has 4 nitrogen and oxygen atoms in total. The molecule has 5 heteroatoms. The molecule has 0 unspecified atom stereocenters. The second kappa shape index (κ2) is 7.99. The summed E-state index contributed by atoms with van der Waals surface area (Å²) in [4.78, 5) is 12.7. The van der Waals surface area contributed by atoms with Gasteiger partial charge in [-0.25, -0.2) is 4.39 Å². The van der Waals surface area contributed by atoms with Crippen LogP contribution in [-0.2, 0) is 4.79 Å². The van der Waals surface area contributed by atoms with Crippen molar-refractivity contribution in [2.75, 3.05) is 0 Å². The Morgan fingerprint density at radius 2 is 1.89 bits per heavy atom. The van der Waals surface area contributed by atoms with Crippen molar-refractivity contribution in [3.05, 3.63) is 59.9 Å². The maximum absolute atomic E-state index is 13.0. The molecule has 1 heterocycles. The third-order valence-electron chi connectivity index (χ3n) is 5.30. The minimum atomic E-state index is -0.692. The number of hydrogen-bond donors (Lipinski definition) is 1. The molecule has 27 heavy (non-hydrogen) atoms. The number of amides is 1.